The molecule has 8 aromatic carbocycles. The highest BCUT2D eigenvalue weighted by Gasteiger charge is 2.28. The van der Waals surface area contributed by atoms with E-state index in [2.05, 4.69) is 73.7 Å². The molecule has 0 bridgehead atoms. The van der Waals surface area contributed by atoms with Gasteiger partial charge >= 0.3 is 17.9 Å². The number of pyridine rings is 3. The molecule has 0 aliphatic rings. The number of nitrogen functional groups attached to an aromatic ring is 1. The number of aryl methyl sites for hydroxylation is 3. The molecule has 494 valence electrons. The lowest BCUT2D eigenvalue weighted by Crippen LogP contribution is -2.20. The number of anilines is 1. The Labute approximate surface area is 615 Å². The quantitative estimate of drug-likeness (QED) is 0.0325. The van der Waals surface area contributed by atoms with Crippen LogP contribution in [0.4, 0.5) is 5.69 Å². The predicted octanol–water partition coefficient (Wildman–Crippen LogP) is 22.8. The maximum absolute atomic E-state index is 12.8. The SMILES string of the molecule is CC/C=C(\C(=O)O)c1c(C)nc2ccc(Br)cc2c1-c1ccc(Cl)cc1.CC/C=C(\C(=O)OCC)c1c(C)nc2ccc(Br)cc2c1-c1ccc(Cl)cc1.CCOC(=O)C(=O)c1c(C)nc2ccc(Br)cc2c1-c1ccc(Cl)cc1.Nc1ccc(Br)cc1C(=O)c1ccc(Cl)cc1. The van der Waals surface area contributed by atoms with Gasteiger partial charge in [-0.25, -0.2) is 14.4 Å². The Balaban J connectivity index is 0.000000167. The summed E-state index contributed by atoms with van der Waals surface area (Å²) in [6, 6.07) is 51.6. The molecular weight excluding hydrogens is 1570 g/mol. The molecule has 3 heterocycles. The highest BCUT2D eigenvalue weighted by molar-refractivity contribution is 9.11. The number of ketones is 2. The van der Waals surface area contributed by atoms with Crippen molar-refractivity contribution in [3.63, 3.8) is 0 Å². The highest BCUT2D eigenvalue weighted by Crippen LogP contribution is 2.42. The summed E-state index contributed by atoms with van der Waals surface area (Å²) in [7, 11) is 0. The molecule has 3 aromatic heterocycles. The largest absolute Gasteiger partial charge is 0.478 e. The molecule has 0 aliphatic carbocycles. The van der Waals surface area contributed by atoms with Crippen molar-refractivity contribution in [3.05, 3.63) is 265 Å². The fourth-order valence-electron chi connectivity index (χ4n) is 10.7. The zero-order chi connectivity index (χ0) is 70.4. The number of hydrogen-bond donors (Lipinski definition) is 2. The molecule has 11 rings (SSSR count). The van der Waals surface area contributed by atoms with Crippen molar-refractivity contribution >= 4 is 189 Å². The highest BCUT2D eigenvalue weighted by atomic mass is 79.9. The van der Waals surface area contributed by atoms with Gasteiger partial charge in [0.1, 0.15) is 0 Å². The van der Waals surface area contributed by atoms with Crippen molar-refractivity contribution in [1.29, 1.82) is 0 Å². The van der Waals surface area contributed by atoms with E-state index in [1.165, 1.54) is 0 Å². The zero-order valence-corrected chi connectivity index (χ0v) is 62.8. The van der Waals surface area contributed by atoms with Crippen molar-refractivity contribution in [3.8, 4) is 33.4 Å². The Morgan fingerprint density at radius 1 is 0.443 bits per heavy atom. The third-order valence-electron chi connectivity index (χ3n) is 14.9. The summed E-state index contributed by atoms with van der Waals surface area (Å²) in [4.78, 5) is 75.8. The minimum absolute atomic E-state index is 0.111. The molecule has 20 heteroatoms. The van der Waals surface area contributed by atoms with E-state index in [1.807, 2.05) is 156 Å². The number of fused-ring (bicyclic) bond motifs is 3. The summed E-state index contributed by atoms with van der Waals surface area (Å²) in [5, 5.41) is 14.9. The molecule has 11 aromatic rings. The molecule has 0 unspecified atom stereocenters. The number of hydrogen-bond acceptors (Lipinski definition) is 11. The van der Waals surface area contributed by atoms with E-state index in [0.717, 1.165) is 89.7 Å². The lowest BCUT2D eigenvalue weighted by Gasteiger charge is -2.18. The molecule has 0 saturated carbocycles. The Kier molecular flexibility index (Phi) is 26.7. The average Bonchev–Trinajstić information content (AvgIpc) is 0.773. The number of carboxylic acid groups (broad SMARTS) is 1. The van der Waals surface area contributed by atoms with Gasteiger partial charge in [-0.15, -0.1) is 0 Å². The number of aromatic nitrogens is 3. The third-order valence-corrected chi connectivity index (χ3v) is 17.9. The molecule has 0 amide bonds. The Hall–Kier alpha value is -7.90. The molecule has 0 saturated heterocycles. The number of Topliss-reactive ketones (excluding diaryl/α,β-unsaturated/α-hetero) is 1. The molecule has 3 N–H and O–H groups in total. The maximum atomic E-state index is 12.8. The summed E-state index contributed by atoms with van der Waals surface area (Å²) < 4.78 is 13.8. The van der Waals surface area contributed by atoms with E-state index >= 15 is 0 Å². The number of nitrogens with two attached hydrogens (primary N) is 1. The second kappa shape index (κ2) is 34.5. The van der Waals surface area contributed by atoms with E-state index in [-0.39, 0.29) is 29.5 Å². The average molecular weight is 1630 g/mol. The van der Waals surface area contributed by atoms with E-state index in [9.17, 15) is 29.1 Å². The van der Waals surface area contributed by atoms with Gasteiger partial charge in [0.25, 0.3) is 5.78 Å². The Morgan fingerprint density at radius 3 is 1.15 bits per heavy atom. The van der Waals surface area contributed by atoms with Crippen LogP contribution >= 0.6 is 110 Å². The number of ether oxygens (including phenoxy) is 2. The first-order valence-corrected chi connectivity index (χ1v) is 35.0. The number of esters is 2. The van der Waals surface area contributed by atoms with Crippen LogP contribution in [-0.2, 0) is 23.9 Å². The van der Waals surface area contributed by atoms with Crippen LogP contribution in [0.25, 0.3) is 77.2 Å². The number of benzene rings is 8. The van der Waals surface area contributed by atoms with Crippen molar-refractivity contribution < 1.29 is 38.6 Å². The molecule has 12 nitrogen and oxygen atoms in total. The number of carbonyl (C=O) groups is 5. The Morgan fingerprint density at radius 2 is 0.773 bits per heavy atom. The molecular formula is C77H62Br4Cl4N4O8. The van der Waals surface area contributed by atoms with Gasteiger partial charge in [-0.1, -0.05) is 173 Å². The topological polar surface area (TPSA) is 189 Å². The molecule has 0 fully saturated rings. The molecule has 0 atom stereocenters. The smallest absolute Gasteiger partial charge is 0.379 e. The van der Waals surface area contributed by atoms with Gasteiger partial charge in [0, 0.05) is 110 Å². The summed E-state index contributed by atoms with van der Waals surface area (Å²) in [6.07, 6.45) is 4.97. The first-order valence-electron chi connectivity index (χ1n) is 30.3. The van der Waals surface area contributed by atoms with Crippen molar-refractivity contribution in [2.45, 2.75) is 61.3 Å². The van der Waals surface area contributed by atoms with Gasteiger partial charge < -0.3 is 20.3 Å². The number of allylic oxidation sites excluding steroid dienone is 2. The van der Waals surface area contributed by atoms with Crippen LogP contribution in [0.1, 0.15) is 95.0 Å². The maximum Gasteiger partial charge on any atom is 0.379 e. The Bertz CT molecular complexity index is 4880. The predicted molar refractivity (Wildman–Crippen MR) is 409 cm³/mol. The van der Waals surface area contributed by atoms with E-state index in [1.54, 1.807) is 74.5 Å². The number of nitrogens with zero attached hydrogens (tertiary/aromatic N) is 3. The number of carbonyl (C=O) groups excluding carboxylic acids is 4. The van der Waals surface area contributed by atoms with Crippen LogP contribution in [0.2, 0.25) is 20.1 Å². The summed E-state index contributed by atoms with van der Waals surface area (Å²) in [6.45, 7) is 13.3. The van der Waals surface area contributed by atoms with Gasteiger partial charge in [-0.2, -0.15) is 0 Å². The fourth-order valence-corrected chi connectivity index (χ4v) is 12.7. The van der Waals surface area contributed by atoms with Crippen LogP contribution in [0.5, 0.6) is 0 Å². The number of carboxylic acids is 1. The second-order valence-electron chi connectivity index (χ2n) is 21.5. The van der Waals surface area contributed by atoms with E-state index in [4.69, 9.17) is 66.6 Å². The lowest BCUT2D eigenvalue weighted by molar-refractivity contribution is -0.137. The van der Waals surface area contributed by atoms with Gasteiger partial charge in [0.05, 0.1) is 52.2 Å². The standard InChI is InChI=1S/C23H21BrClNO2.C21H17BrClNO2.C20H15BrClNO3.C13H9BrClNO/c1-4-6-18(23(27)28-5-2)21-14(3)26-20-12-9-16(24)13-19(20)22(21)15-7-10-17(25)11-8-15;1-3-4-16(21(25)26)19-12(2)24-18-10-7-14(22)11-17(18)20(19)13-5-8-15(23)9-6-13;1-3-26-20(25)19(24)17-11(2)23-16-9-6-13(21)10-15(16)18(17)12-4-7-14(22)8-5-12;14-9-3-6-12(16)11(7-9)13(17)8-1-4-10(15)5-2-8/h6-13H,4-5H2,1-3H3;4-11H,3H2,1-2H3,(H,25,26);4-10H,3H2,1-2H3;1-7H,16H2/b18-6-;16-4-;;. The number of aliphatic carboxylic acids is 1. The monoisotopic (exact) mass is 1630 g/mol. The first kappa shape index (κ1) is 74.9. The zero-order valence-electron chi connectivity index (χ0n) is 53.4. The van der Waals surface area contributed by atoms with Gasteiger partial charge in [-0.3, -0.25) is 24.5 Å². The normalized spacial score (nSPS) is 11.2. The first-order chi connectivity index (χ1) is 46.4. The van der Waals surface area contributed by atoms with Gasteiger partial charge in [0.15, 0.2) is 5.78 Å². The minimum atomic E-state index is -0.957. The minimum Gasteiger partial charge on any atom is -0.478 e. The van der Waals surface area contributed by atoms with E-state index in [0.29, 0.717) is 84.4 Å². The number of rotatable bonds is 15. The summed E-state index contributed by atoms with van der Waals surface area (Å²) in [5.74, 6) is -2.99. The molecule has 0 spiro atoms. The molecule has 0 aliphatic heterocycles. The third kappa shape index (κ3) is 18.5. The van der Waals surface area contributed by atoms with Crippen molar-refractivity contribution in [2.24, 2.45) is 0 Å². The van der Waals surface area contributed by atoms with Gasteiger partial charge in [0.2, 0.25) is 0 Å². The summed E-state index contributed by atoms with van der Waals surface area (Å²) >= 11 is 37.8. The van der Waals surface area contributed by atoms with Crippen LogP contribution in [0, 0.1) is 20.8 Å². The number of halogens is 8. The summed E-state index contributed by atoms with van der Waals surface area (Å²) in [5.41, 5.74) is 19.3. The van der Waals surface area contributed by atoms with Crippen LogP contribution < -0.4 is 5.73 Å². The lowest BCUT2D eigenvalue weighted by atomic mass is 9.89. The second-order valence-corrected chi connectivity index (χ2v) is 27.0. The van der Waals surface area contributed by atoms with Gasteiger partial charge in [-0.05, 0) is 198 Å². The van der Waals surface area contributed by atoms with E-state index < -0.39 is 17.7 Å². The molecule has 97 heavy (non-hydrogen) atoms. The van der Waals surface area contributed by atoms with Crippen molar-refractivity contribution in [2.75, 3.05) is 18.9 Å². The van der Waals surface area contributed by atoms with Crippen molar-refractivity contribution in [1.82, 2.24) is 15.0 Å². The molecule has 0 radical (unpaired) electrons. The fraction of sp³-hybridized carbons (Fsp3) is 0.143. The van der Waals surface area contributed by atoms with Crippen LogP contribution in [0.15, 0.2) is 200 Å². The van der Waals surface area contributed by atoms with Crippen LogP contribution in [0.3, 0.4) is 0 Å². The van der Waals surface area contributed by atoms with Crippen LogP contribution in [-0.4, -0.2) is 62.7 Å².